The van der Waals surface area contributed by atoms with Crippen LogP contribution in [0.5, 0.6) is 5.75 Å². The maximum atomic E-state index is 11.8. The van der Waals surface area contributed by atoms with Gasteiger partial charge in [-0.1, -0.05) is 31.9 Å². The lowest BCUT2D eigenvalue weighted by atomic mass is 10.2. The summed E-state index contributed by atoms with van der Waals surface area (Å²) < 4.78 is 12.3. The topological polar surface area (TPSA) is 47.6 Å². The van der Waals surface area contributed by atoms with E-state index in [1.54, 1.807) is 6.07 Å². The van der Waals surface area contributed by atoms with Crippen LogP contribution in [0.4, 0.5) is 5.69 Å². The second kappa shape index (κ2) is 8.93. The van der Waals surface area contributed by atoms with Crippen molar-refractivity contribution in [1.29, 1.82) is 0 Å². The van der Waals surface area contributed by atoms with E-state index >= 15 is 0 Å². The molecule has 0 radical (unpaired) electrons. The molecule has 6 heteroatoms. The normalized spacial score (nSPS) is 10.2. The second-order valence-electron chi connectivity index (χ2n) is 4.76. The zero-order chi connectivity index (χ0) is 16.7. The summed E-state index contributed by atoms with van der Waals surface area (Å²) in [5.41, 5.74) is 1.26. The third kappa shape index (κ3) is 5.55. The first kappa shape index (κ1) is 17.8. The number of esters is 1. The first-order chi connectivity index (χ1) is 11.1. The predicted octanol–water partition coefficient (Wildman–Crippen LogP) is 4.88. The van der Waals surface area contributed by atoms with E-state index in [1.165, 1.54) is 7.11 Å². The predicted molar refractivity (Wildman–Crippen MR) is 98.2 cm³/mol. The molecular weight excluding hydrogens is 426 g/mol. The molecule has 0 aliphatic rings. The Morgan fingerprint density at radius 3 is 2.48 bits per heavy atom. The molecule has 0 atom stereocenters. The van der Waals surface area contributed by atoms with E-state index in [4.69, 9.17) is 9.47 Å². The van der Waals surface area contributed by atoms with Crippen LogP contribution in [0.1, 0.15) is 16.8 Å². The summed E-state index contributed by atoms with van der Waals surface area (Å²) in [5, 5.41) is 3.24. The molecule has 4 nitrogen and oxygen atoms in total. The van der Waals surface area contributed by atoms with E-state index in [0.29, 0.717) is 18.7 Å². The van der Waals surface area contributed by atoms with Crippen molar-refractivity contribution in [3.05, 3.63) is 57.0 Å². The highest BCUT2D eigenvalue weighted by Gasteiger charge is 2.11. The summed E-state index contributed by atoms with van der Waals surface area (Å²) in [7, 11) is 1.37. The van der Waals surface area contributed by atoms with E-state index in [0.717, 1.165) is 26.8 Å². The fourth-order valence-corrected chi connectivity index (χ4v) is 2.59. The number of hydrogen-bond acceptors (Lipinski definition) is 4. The van der Waals surface area contributed by atoms with Crippen LogP contribution >= 0.6 is 31.9 Å². The standard InChI is InChI=1S/C17H17Br2NO3/c1-22-17(21)15-11-13(19)5-8-16(15)20-9-2-10-23-14-6-3-12(18)4-7-14/h3-8,11,20H,2,9-10H2,1H3. The summed E-state index contributed by atoms with van der Waals surface area (Å²) in [4.78, 5) is 11.8. The van der Waals surface area contributed by atoms with Gasteiger partial charge in [-0.2, -0.15) is 0 Å². The van der Waals surface area contributed by atoms with Gasteiger partial charge in [0.25, 0.3) is 0 Å². The van der Waals surface area contributed by atoms with Crippen LogP contribution in [0, 0.1) is 0 Å². The number of carbonyl (C=O) groups excluding carboxylic acids is 1. The lowest BCUT2D eigenvalue weighted by Gasteiger charge is -2.12. The monoisotopic (exact) mass is 441 g/mol. The smallest absolute Gasteiger partial charge is 0.340 e. The molecule has 2 rings (SSSR count). The van der Waals surface area contributed by atoms with Crippen LogP contribution < -0.4 is 10.1 Å². The van der Waals surface area contributed by atoms with Gasteiger partial charge in [-0.15, -0.1) is 0 Å². The number of hydrogen-bond donors (Lipinski definition) is 1. The van der Waals surface area contributed by atoms with Crippen molar-refractivity contribution in [3.8, 4) is 5.75 Å². The van der Waals surface area contributed by atoms with E-state index in [1.807, 2.05) is 36.4 Å². The van der Waals surface area contributed by atoms with Crippen molar-refractivity contribution in [2.45, 2.75) is 6.42 Å². The Morgan fingerprint density at radius 2 is 1.78 bits per heavy atom. The van der Waals surface area contributed by atoms with Crippen molar-refractivity contribution in [1.82, 2.24) is 0 Å². The van der Waals surface area contributed by atoms with E-state index in [2.05, 4.69) is 37.2 Å². The van der Waals surface area contributed by atoms with Gasteiger partial charge in [0.1, 0.15) is 5.75 Å². The summed E-state index contributed by atoms with van der Waals surface area (Å²) in [6, 6.07) is 13.2. The van der Waals surface area contributed by atoms with Gasteiger partial charge in [0, 0.05) is 21.2 Å². The number of rotatable bonds is 7. The Balaban J connectivity index is 1.82. The number of nitrogens with one attached hydrogen (secondary N) is 1. The molecular formula is C17H17Br2NO3. The van der Waals surface area contributed by atoms with Gasteiger partial charge in [-0.25, -0.2) is 4.79 Å². The zero-order valence-electron chi connectivity index (χ0n) is 12.6. The van der Waals surface area contributed by atoms with Gasteiger partial charge in [0.05, 0.1) is 19.3 Å². The molecule has 2 aromatic carbocycles. The van der Waals surface area contributed by atoms with Crippen LogP contribution in [-0.2, 0) is 4.74 Å². The van der Waals surface area contributed by atoms with Crippen molar-refractivity contribution in [2.75, 3.05) is 25.6 Å². The number of halogens is 2. The molecule has 0 saturated carbocycles. The number of ether oxygens (including phenoxy) is 2. The van der Waals surface area contributed by atoms with Crippen molar-refractivity contribution >= 4 is 43.5 Å². The van der Waals surface area contributed by atoms with Gasteiger partial charge >= 0.3 is 5.97 Å². The first-order valence-electron chi connectivity index (χ1n) is 7.10. The SMILES string of the molecule is COC(=O)c1cc(Br)ccc1NCCCOc1ccc(Br)cc1. The quantitative estimate of drug-likeness (QED) is 0.490. The Labute approximate surface area is 152 Å². The van der Waals surface area contributed by atoms with Crippen LogP contribution in [0.3, 0.4) is 0 Å². The number of anilines is 1. The third-order valence-electron chi connectivity index (χ3n) is 3.11. The summed E-state index contributed by atoms with van der Waals surface area (Å²) in [5.74, 6) is 0.479. The molecule has 0 aliphatic heterocycles. The van der Waals surface area contributed by atoms with Crippen LogP contribution in [0.15, 0.2) is 51.4 Å². The molecule has 0 aromatic heterocycles. The van der Waals surface area contributed by atoms with Crippen molar-refractivity contribution < 1.29 is 14.3 Å². The molecule has 0 spiro atoms. The van der Waals surface area contributed by atoms with Gasteiger partial charge in [-0.3, -0.25) is 0 Å². The molecule has 0 heterocycles. The highest BCUT2D eigenvalue weighted by Crippen LogP contribution is 2.22. The second-order valence-corrected chi connectivity index (χ2v) is 6.60. The van der Waals surface area contributed by atoms with Gasteiger partial charge < -0.3 is 14.8 Å². The van der Waals surface area contributed by atoms with Gasteiger partial charge in [0.2, 0.25) is 0 Å². The summed E-state index contributed by atoms with van der Waals surface area (Å²) >= 11 is 6.75. The van der Waals surface area contributed by atoms with Crippen LogP contribution in [0.25, 0.3) is 0 Å². The maximum Gasteiger partial charge on any atom is 0.340 e. The average molecular weight is 443 g/mol. The fourth-order valence-electron chi connectivity index (χ4n) is 1.97. The third-order valence-corrected chi connectivity index (χ3v) is 4.13. The molecule has 23 heavy (non-hydrogen) atoms. The number of carbonyl (C=O) groups is 1. The average Bonchev–Trinajstić information content (AvgIpc) is 2.56. The molecule has 1 N–H and O–H groups in total. The Kier molecular flexibility index (Phi) is 6.92. The van der Waals surface area contributed by atoms with Crippen molar-refractivity contribution in [2.24, 2.45) is 0 Å². The van der Waals surface area contributed by atoms with E-state index < -0.39 is 0 Å². The fraction of sp³-hybridized carbons (Fsp3) is 0.235. The summed E-state index contributed by atoms with van der Waals surface area (Å²) in [6.45, 7) is 1.29. The Hall–Kier alpha value is -1.53. The maximum absolute atomic E-state index is 11.8. The van der Waals surface area contributed by atoms with E-state index in [9.17, 15) is 4.79 Å². The highest BCUT2D eigenvalue weighted by molar-refractivity contribution is 9.10. The molecule has 0 unspecified atom stereocenters. The lowest BCUT2D eigenvalue weighted by molar-refractivity contribution is 0.0601. The van der Waals surface area contributed by atoms with Crippen LogP contribution in [-0.4, -0.2) is 26.2 Å². The van der Waals surface area contributed by atoms with Crippen molar-refractivity contribution in [3.63, 3.8) is 0 Å². The van der Waals surface area contributed by atoms with Crippen LogP contribution in [0.2, 0.25) is 0 Å². The van der Waals surface area contributed by atoms with E-state index in [-0.39, 0.29) is 5.97 Å². The number of methoxy groups -OCH3 is 1. The Bertz CT molecular complexity index is 659. The first-order valence-corrected chi connectivity index (χ1v) is 8.69. The van der Waals surface area contributed by atoms with Gasteiger partial charge in [-0.05, 0) is 48.9 Å². The molecule has 0 aliphatic carbocycles. The Morgan fingerprint density at radius 1 is 1.09 bits per heavy atom. The number of benzene rings is 2. The molecule has 0 bridgehead atoms. The molecule has 0 amide bonds. The zero-order valence-corrected chi connectivity index (χ0v) is 15.8. The highest BCUT2D eigenvalue weighted by atomic mass is 79.9. The van der Waals surface area contributed by atoms with Gasteiger partial charge in [0.15, 0.2) is 0 Å². The molecule has 122 valence electrons. The minimum Gasteiger partial charge on any atom is -0.494 e. The molecule has 0 fully saturated rings. The molecule has 0 saturated heterocycles. The minimum absolute atomic E-state index is 0.361. The summed E-state index contributed by atoms with van der Waals surface area (Å²) in [6.07, 6.45) is 0.812. The largest absolute Gasteiger partial charge is 0.494 e. The molecule has 2 aromatic rings. The lowest BCUT2D eigenvalue weighted by Crippen LogP contribution is -2.11. The minimum atomic E-state index is -0.361.